The van der Waals surface area contributed by atoms with Gasteiger partial charge in [0.25, 0.3) is 0 Å². The maximum atomic E-state index is 12.8. The number of nitrogens with one attached hydrogen (secondary N) is 1. The maximum Gasteiger partial charge on any atom is 0.337 e. The highest BCUT2D eigenvalue weighted by molar-refractivity contribution is 6.06. The average Bonchev–Trinajstić information content (AvgIpc) is 3.34. The first-order chi connectivity index (χ1) is 17.9. The molecule has 190 valence electrons. The highest BCUT2D eigenvalue weighted by Crippen LogP contribution is 2.41. The number of furan rings is 1. The molecule has 0 saturated carbocycles. The molecule has 0 aliphatic heterocycles. The number of esters is 1. The molecule has 1 heterocycles. The number of methoxy groups -OCH3 is 2. The molecule has 0 aliphatic carbocycles. The minimum absolute atomic E-state index is 0.300. The molecule has 0 radical (unpaired) electrons. The monoisotopic (exact) mass is 499 g/mol. The zero-order valence-corrected chi connectivity index (χ0v) is 21.5. The van der Waals surface area contributed by atoms with Crippen LogP contribution in [0.25, 0.3) is 27.7 Å². The Morgan fingerprint density at radius 2 is 1.73 bits per heavy atom. The molecule has 0 spiro atoms. The van der Waals surface area contributed by atoms with Gasteiger partial charge in [-0.3, -0.25) is 4.79 Å². The third-order valence-electron chi connectivity index (χ3n) is 6.08. The predicted molar refractivity (Wildman–Crippen MR) is 144 cm³/mol. The number of anilines is 1. The molecule has 3 aromatic carbocycles. The van der Waals surface area contributed by atoms with E-state index in [1.54, 1.807) is 37.6 Å². The summed E-state index contributed by atoms with van der Waals surface area (Å²) in [6.45, 7) is 6.21. The average molecular weight is 500 g/mol. The number of rotatable bonds is 8. The third-order valence-corrected chi connectivity index (χ3v) is 6.08. The number of carbonyl (C=O) groups is 2. The molecule has 4 rings (SSSR count). The fraction of sp³-hybridized carbons (Fsp3) is 0.200. The molecule has 0 saturated heterocycles. The molecule has 37 heavy (non-hydrogen) atoms. The van der Waals surface area contributed by atoms with Gasteiger partial charge in [0.2, 0.25) is 5.91 Å². The molecule has 1 N–H and O–H groups in total. The van der Waals surface area contributed by atoms with E-state index in [0.717, 1.165) is 44.5 Å². The van der Waals surface area contributed by atoms with Crippen LogP contribution in [0.4, 0.5) is 5.69 Å². The van der Waals surface area contributed by atoms with Gasteiger partial charge in [-0.15, -0.1) is 0 Å². The lowest BCUT2D eigenvalue weighted by molar-refractivity contribution is -0.111. The lowest BCUT2D eigenvalue weighted by Gasteiger charge is -2.15. The van der Waals surface area contributed by atoms with E-state index in [0.29, 0.717) is 23.6 Å². The van der Waals surface area contributed by atoms with Crippen molar-refractivity contribution in [3.8, 4) is 22.6 Å². The van der Waals surface area contributed by atoms with E-state index in [-0.39, 0.29) is 5.91 Å². The van der Waals surface area contributed by atoms with E-state index >= 15 is 0 Å². The van der Waals surface area contributed by atoms with Gasteiger partial charge < -0.3 is 23.9 Å². The highest BCUT2D eigenvalue weighted by Gasteiger charge is 2.19. The van der Waals surface area contributed by atoms with Crippen molar-refractivity contribution in [2.45, 2.75) is 20.8 Å². The summed E-state index contributed by atoms with van der Waals surface area (Å²) < 4.78 is 22.0. The van der Waals surface area contributed by atoms with E-state index in [1.807, 2.05) is 51.1 Å². The number of hydrogen-bond donors (Lipinski definition) is 1. The fourth-order valence-electron chi connectivity index (χ4n) is 4.19. The Kier molecular flexibility index (Phi) is 7.63. The number of aryl methyl sites for hydroxylation is 1. The van der Waals surface area contributed by atoms with Crippen molar-refractivity contribution in [1.29, 1.82) is 0 Å². The molecule has 7 heteroatoms. The lowest BCUT2D eigenvalue weighted by Crippen LogP contribution is -2.09. The number of benzene rings is 3. The van der Waals surface area contributed by atoms with Gasteiger partial charge in [-0.25, -0.2) is 4.79 Å². The minimum atomic E-state index is -0.434. The number of carbonyl (C=O) groups excluding carboxylic acids is 2. The van der Waals surface area contributed by atoms with Gasteiger partial charge >= 0.3 is 5.97 Å². The van der Waals surface area contributed by atoms with Crippen molar-refractivity contribution in [3.63, 3.8) is 0 Å². The van der Waals surface area contributed by atoms with Crippen LogP contribution >= 0.6 is 0 Å². The predicted octanol–water partition coefficient (Wildman–Crippen LogP) is 6.64. The first kappa shape index (κ1) is 25.6. The second-order valence-electron chi connectivity index (χ2n) is 8.45. The lowest BCUT2D eigenvalue weighted by atomic mass is 9.96. The fourth-order valence-corrected chi connectivity index (χ4v) is 4.19. The Labute approximate surface area is 215 Å². The minimum Gasteiger partial charge on any atom is -0.497 e. The smallest absolute Gasteiger partial charge is 0.337 e. The molecule has 1 aromatic heterocycles. The Hall–Kier alpha value is -4.52. The van der Waals surface area contributed by atoms with Crippen LogP contribution in [-0.2, 0) is 9.53 Å². The van der Waals surface area contributed by atoms with Crippen molar-refractivity contribution in [2.75, 3.05) is 26.1 Å². The SMILES string of the molecule is CCOc1c(/C(C)=C/C(=O)Nc2ccc(C(=O)OC)cc2)cc2c(-c3ccc(OC)cc3)coc2c1C. The molecule has 1 amide bonds. The summed E-state index contributed by atoms with van der Waals surface area (Å²) in [6.07, 6.45) is 3.27. The Morgan fingerprint density at radius 1 is 1.03 bits per heavy atom. The van der Waals surface area contributed by atoms with Crippen molar-refractivity contribution >= 4 is 34.1 Å². The Morgan fingerprint density at radius 3 is 2.35 bits per heavy atom. The van der Waals surface area contributed by atoms with E-state index in [2.05, 4.69) is 5.32 Å². The number of hydrogen-bond acceptors (Lipinski definition) is 6. The van der Waals surface area contributed by atoms with E-state index in [4.69, 9.17) is 18.6 Å². The molecule has 0 fully saturated rings. The van der Waals surface area contributed by atoms with Crippen LogP contribution in [0.15, 0.2) is 71.4 Å². The molecule has 4 aromatic rings. The van der Waals surface area contributed by atoms with Gasteiger partial charge in [0.1, 0.15) is 17.1 Å². The number of ether oxygens (including phenoxy) is 3. The first-order valence-corrected chi connectivity index (χ1v) is 11.9. The van der Waals surface area contributed by atoms with Crippen molar-refractivity contribution in [1.82, 2.24) is 0 Å². The van der Waals surface area contributed by atoms with E-state index < -0.39 is 5.97 Å². The summed E-state index contributed by atoms with van der Waals surface area (Å²) in [5.41, 5.74) is 6.04. The van der Waals surface area contributed by atoms with Gasteiger partial charge in [0, 0.05) is 33.8 Å². The van der Waals surface area contributed by atoms with Crippen molar-refractivity contribution in [3.05, 3.63) is 83.6 Å². The number of allylic oxidation sites excluding steroid dienone is 1. The number of amides is 1. The van der Waals surface area contributed by atoms with Crippen LogP contribution < -0.4 is 14.8 Å². The topological polar surface area (TPSA) is 87.0 Å². The van der Waals surface area contributed by atoms with E-state index in [1.165, 1.54) is 13.2 Å². The number of fused-ring (bicyclic) bond motifs is 1. The zero-order chi connectivity index (χ0) is 26.5. The van der Waals surface area contributed by atoms with E-state index in [9.17, 15) is 9.59 Å². The van der Waals surface area contributed by atoms with Gasteiger partial charge in [-0.1, -0.05) is 12.1 Å². The zero-order valence-electron chi connectivity index (χ0n) is 21.5. The summed E-state index contributed by atoms with van der Waals surface area (Å²) >= 11 is 0. The Bertz CT molecular complexity index is 1460. The van der Waals surface area contributed by atoms with Crippen molar-refractivity contribution in [2.24, 2.45) is 0 Å². The van der Waals surface area contributed by atoms with Crippen LogP contribution in [0.2, 0.25) is 0 Å². The van der Waals surface area contributed by atoms with Gasteiger partial charge in [0.05, 0.1) is 32.7 Å². The van der Waals surface area contributed by atoms with Gasteiger partial charge in [0.15, 0.2) is 0 Å². The van der Waals surface area contributed by atoms with Crippen LogP contribution in [0.1, 0.15) is 35.3 Å². The molecular formula is C30H29NO6. The highest BCUT2D eigenvalue weighted by atomic mass is 16.5. The molecule has 7 nitrogen and oxygen atoms in total. The maximum absolute atomic E-state index is 12.8. The summed E-state index contributed by atoms with van der Waals surface area (Å²) in [4.78, 5) is 24.5. The molecular weight excluding hydrogens is 470 g/mol. The third kappa shape index (κ3) is 5.35. The summed E-state index contributed by atoms with van der Waals surface area (Å²) in [5.74, 6) is 0.716. The standard InChI is InChI=1S/C30H29NO6/c1-6-36-28-19(3)29-25(26(17-37-29)20-9-13-23(34-4)14-10-20)16-24(28)18(2)15-27(32)31-22-11-7-21(8-12-22)30(33)35-5/h7-17H,6H2,1-5H3,(H,31,32)/b18-15+. The normalized spacial score (nSPS) is 11.3. The second kappa shape index (κ2) is 11.0. The van der Waals surface area contributed by atoms with Crippen LogP contribution in [-0.4, -0.2) is 32.7 Å². The van der Waals surface area contributed by atoms with Crippen molar-refractivity contribution < 1.29 is 28.2 Å². The summed E-state index contributed by atoms with van der Waals surface area (Å²) in [5, 5.41) is 3.76. The molecule has 0 atom stereocenters. The van der Waals surface area contributed by atoms with Crippen LogP contribution in [0.5, 0.6) is 11.5 Å². The summed E-state index contributed by atoms with van der Waals surface area (Å²) in [7, 11) is 2.96. The van der Waals surface area contributed by atoms with Gasteiger partial charge in [-0.05, 0) is 74.4 Å². The van der Waals surface area contributed by atoms with Crippen LogP contribution in [0.3, 0.4) is 0 Å². The largest absolute Gasteiger partial charge is 0.497 e. The second-order valence-corrected chi connectivity index (χ2v) is 8.45. The van der Waals surface area contributed by atoms with Gasteiger partial charge in [-0.2, -0.15) is 0 Å². The van der Waals surface area contributed by atoms with Crippen LogP contribution in [0, 0.1) is 6.92 Å². The first-order valence-electron chi connectivity index (χ1n) is 11.9. The quantitative estimate of drug-likeness (QED) is 0.216. The molecule has 0 bridgehead atoms. The molecule has 0 unspecified atom stereocenters. The summed E-state index contributed by atoms with van der Waals surface area (Å²) in [6, 6.07) is 16.3. The Balaban J connectivity index is 1.69. The molecule has 0 aliphatic rings.